The third-order valence-electron chi connectivity index (χ3n) is 3.94. The smallest absolute Gasteiger partial charge is 0.270 e. The van der Waals surface area contributed by atoms with E-state index >= 15 is 0 Å². The normalized spacial score (nSPS) is 15.2. The zero-order valence-electron chi connectivity index (χ0n) is 13.4. The number of carbonyl (C=O) groups is 1. The predicted octanol–water partition coefficient (Wildman–Crippen LogP) is 2.50. The summed E-state index contributed by atoms with van der Waals surface area (Å²) in [6.45, 7) is 4.96. The Hall–Kier alpha value is -1.95. The van der Waals surface area contributed by atoms with Crippen LogP contribution in [0.25, 0.3) is 0 Å². The number of ether oxygens (including phenoxy) is 1. The molecule has 0 bridgehead atoms. The second kappa shape index (κ2) is 8.24. The van der Waals surface area contributed by atoms with E-state index in [4.69, 9.17) is 16.3 Å². The summed E-state index contributed by atoms with van der Waals surface area (Å²) in [5, 5.41) is 3.36. The van der Waals surface area contributed by atoms with Crippen molar-refractivity contribution in [1.82, 2.24) is 15.2 Å². The van der Waals surface area contributed by atoms with E-state index in [9.17, 15) is 4.79 Å². The Morgan fingerprint density at radius 1 is 1.17 bits per heavy atom. The number of nitrogens with one attached hydrogen (secondary N) is 1. The van der Waals surface area contributed by atoms with Crippen molar-refractivity contribution >= 4 is 17.5 Å². The number of hydrogen-bond acceptors (Lipinski definition) is 4. The Morgan fingerprint density at radius 2 is 1.88 bits per heavy atom. The second-order valence-corrected chi connectivity index (χ2v) is 6.18. The number of pyridine rings is 1. The summed E-state index contributed by atoms with van der Waals surface area (Å²) >= 11 is 5.87. The molecule has 2 aromatic rings. The molecular formula is C18H20ClN3O2. The maximum Gasteiger partial charge on any atom is 0.270 e. The summed E-state index contributed by atoms with van der Waals surface area (Å²) in [6.07, 6.45) is 1.53. The summed E-state index contributed by atoms with van der Waals surface area (Å²) in [4.78, 5) is 18.4. The van der Waals surface area contributed by atoms with Crippen molar-refractivity contribution in [2.45, 2.75) is 13.1 Å². The minimum absolute atomic E-state index is 0.227. The van der Waals surface area contributed by atoms with Gasteiger partial charge in [-0.05, 0) is 23.3 Å². The van der Waals surface area contributed by atoms with Gasteiger partial charge in [0.25, 0.3) is 5.91 Å². The molecule has 1 aliphatic heterocycles. The minimum atomic E-state index is -0.227. The number of carbonyl (C=O) groups excluding carboxylic acids is 1. The summed E-state index contributed by atoms with van der Waals surface area (Å²) in [5.41, 5.74) is 2.64. The molecule has 0 aliphatic carbocycles. The molecule has 0 unspecified atom stereocenters. The highest BCUT2D eigenvalue weighted by atomic mass is 35.5. The van der Waals surface area contributed by atoms with Crippen molar-refractivity contribution in [2.24, 2.45) is 0 Å². The van der Waals surface area contributed by atoms with Gasteiger partial charge < -0.3 is 10.1 Å². The van der Waals surface area contributed by atoms with Crippen LogP contribution in [0.5, 0.6) is 0 Å². The van der Waals surface area contributed by atoms with Crippen LogP contribution < -0.4 is 5.32 Å². The number of hydrogen-bond donors (Lipinski definition) is 1. The van der Waals surface area contributed by atoms with Crippen LogP contribution in [0.15, 0.2) is 42.6 Å². The van der Waals surface area contributed by atoms with E-state index in [1.165, 1.54) is 11.8 Å². The first-order valence-corrected chi connectivity index (χ1v) is 8.36. The molecule has 2 heterocycles. The van der Waals surface area contributed by atoms with Crippen molar-refractivity contribution in [3.8, 4) is 0 Å². The molecule has 1 aromatic heterocycles. The van der Waals surface area contributed by atoms with Crippen LogP contribution in [0.3, 0.4) is 0 Å². The zero-order valence-corrected chi connectivity index (χ0v) is 14.1. The van der Waals surface area contributed by atoms with E-state index in [0.717, 1.165) is 38.4 Å². The van der Waals surface area contributed by atoms with E-state index in [0.29, 0.717) is 17.3 Å². The van der Waals surface area contributed by atoms with Gasteiger partial charge in [0.05, 0.1) is 13.2 Å². The number of nitrogens with zero attached hydrogens (tertiary/aromatic N) is 2. The molecule has 5 nitrogen and oxygen atoms in total. The van der Waals surface area contributed by atoms with Gasteiger partial charge in [0.2, 0.25) is 0 Å². The van der Waals surface area contributed by atoms with Crippen molar-refractivity contribution < 1.29 is 9.53 Å². The van der Waals surface area contributed by atoms with E-state index in [1.807, 2.05) is 12.1 Å². The summed E-state index contributed by atoms with van der Waals surface area (Å²) < 4.78 is 5.36. The molecule has 0 radical (unpaired) electrons. The quantitative estimate of drug-likeness (QED) is 0.904. The summed E-state index contributed by atoms with van der Waals surface area (Å²) in [5.74, 6) is -0.227. The van der Waals surface area contributed by atoms with Crippen LogP contribution in [0, 0.1) is 0 Å². The minimum Gasteiger partial charge on any atom is -0.379 e. The van der Waals surface area contributed by atoms with E-state index in [-0.39, 0.29) is 5.91 Å². The van der Waals surface area contributed by atoms with Crippen LogP contribution in [-0.2, 0) is 17.8 Å². The monoisotopic (exact) mass is 345 g/mol. The largest absolute Gasteiger partial charge is 0.379 e. The molecule has 1 aromatic carbocycles. The Balaban J connectivity index is 1.51. The topological polar surface area (TPSA) is 54.5 Å². The third-order valence-corrected chi connectivity index (χ3v) is 4.18. The van der Waals surface area contributed by atoms with Gasteiger partial charge in [-0.2, -0.15) is 0 Å². The van der Waals surface area contributed by atoms with Crippen LogP contribution in [0.2, 0.25) is 5.02 Å². The fraction of sp³-hybridized carbons (Fsp3) is 0.333. The molecule has 1 amide bonds. The third kappa shape index (κ3) is 4.77. The van der Waals surface area contributed by atoms with Crippen LogP contribution >= 0.6 is 11.6 Å². The molecule has 1 fully saturated rings. The van der Waals surface area contributed by atoms with Gasteiger partial charge in [0, 0.05) is 37.4 Å². The lowest BCUT2D eigenvalue weighted by molar-refractivity contribution is 0.0342. The number of morpholine rings is 1. The number of benzene rings is 1. The zero-order chi connectivity index (χ0) is 16.8. The lowest BCUT2D eigenvalue weighted by Gasteiger charge is -2.26. The number of amides is 1. The first-order valence-electron chi connectivity index (χ1n) is 7.98. The first-order chi connectivity index (χ1) is 11.7. The molecule has 1 N–H and O–H groups in total. The molecule has 0 saturated carbocycles. The van der Waals surface area contributed by atoms with Crippen LogP contribution in [0.1, 0.15) is 21.6 Å². The van der Waals surface area contributed by atoms with Gasteiger partial charge >= 0.3 is 0 Å². The van der Waals surface area contributed by atoms with Crippen molar-refractivity contribution in [1.29, 1.82) is 0 Å². The Bertz CT molecular complexity index is 685. The van der Waals surface area contributed by atoms with Crippen molar-refractivity contribution in [3.63, 3.8) is 0 Å². The highest BCUT2D eigenvalue weighted by molar-refractivity contribution is 6.30. The molecule has 3 rings (SSSR count). The van der Waals surface area contributed by atoms with Crippen molar-refractivity contribution in [3.05, 3.63) is 64.4 Å². The van der Waals surface area contributed by atoms with Gasteiger partial charge in [0.1, 0.15) is 5.69 Å². The average Bonchev–Trinajstić information content (AvgIpc) is 2.62. The summed E-state index contributed by atoms with van der Waals surface area (Å²) in [6, 6.07) is 11.5. The van der Waals surface area contributed by atoms with E-state index in [1.54, 1.807) is 12.1 Å². The van der Waals surface area contributed by atoms with Crippen LogP contribution in [0.4, 0.5) is 0 Å². The molecule has 1 saturated heterocycles. The molecule has 0 spiro atoms. The number of aromatic nitrogens is 1. The number of halogens is 1. The number of rotatable bonds is 5. The Labute approximate surface area is 146 Å². The molecular weight excluding hydrogens is 326 g/mol. The maximum atomic E-state index is 12.0. The first kappa shape index (κ1) is 16.9. The van der Waals surface area contributed by atoms with Gasteiger partial charge in [-0.15, -0.1) is 0 Å². The fourth-order valence-corrected chi connectivity index (χ4v) is 2.74. The highest BCUT2D eigenvalue weighted by Gasteiger charge is 2.11. The Kier molecular flexibility index (Phi) is 5.80. The molecule has 1 aliphatic rings. The van der Waals surface area contributed by atoms with Gasteiger partial charge in [-0.1, -0.05) is 35.9 Å². The second-order valence-electron chi connectivity index (χ2n) is 5.75. The van der Waals surface area contributed by atoms with Crippen LogP contribution in [-0.4, -0.2) is 42.1 Å². The molecule has 126 valence electrons. The van der Waals surface area contributed by atoms with E-state index < -0.39 is 0 Å². The Morgan fingerprint density at radius 3 is 2.58 bits per heavy atom. The average molecular weight is 346 g/mol. The summed E-state index contributed by atoms with van der Waals surface area (Å²) in [7, 11) is 0. The fourth-order valence-electron chi connectivity index (χ4n) is 2.58. The highest BCUT2D eigenvalue weighted by Crippen LogP contribution is 2.10. The standard InChI is InChI=1S/C18H20ClN3O2/c19-16-5-6-20-17(11-16)18(23)21-12-14-1-3-15(4-2-14)13-22-7-9-24-10-8-22/h1-6,11H,7-10,12-13H2,(H,21,23). The van der Waals surface area contributed by atoms with Crippen molar-refractivity contribution in [2.75, 3.05) is 26.3 Å². The van der Waals surface area contributed by atoms with Gasteiger partial charge in [0.15, 0.2) is 0 Å². The molecule has 0 atom stereocenters. The lowest BCUT2D eigenvalue weighted by Crippen LogP contribution is -2.35. The maximum absolute atomic E-state index is 12.0. The SMILES string of the molecule is O=C(NCc1ccc(CN2CCOCC2)cc1)c1cc(Cl)ccn1. The van der Waals surface area contributed by atoms with E-state index in [2.05, 4.69) is 27.3 Å². The van der Waals surface area contributed by atoms with Gasteiger partial charge in [-0.3, -0.25) is 14.7 Å². The molecule has 24 heavy (non-hydrogen) atoms. The lowest BCUT2D eigenvalue weighted by atomic mass is 10.1. The molecule has 6 heteroatoms. The van der Waals surface area contributed by atoms with Gasteiger partial charge in [-0.25, -0.2) is 0 Å². The predicted molar refractivity (Wildman–Crippen MR) is 93.0 cm³/mol.